The van der Waals surface area contributed by atoms with Crippen LogP contribution in [0.15, 0.2) is 54.1 Å². The molecule has 2 aromatic rings. The summed E-state index contributed by atoms with van der Waals surface area (Å²) in [6, 6.07) is 14.9. The second kappa shape index (κ2) is 6.90. The number of allylic oxidation sites excluding steroid dienone is 1. The molecule has 0 N–H and O–H groups in total. The van der Waals surface area contributed by atoms with Crippen LogP contribution in [0.25, 0.3) is 10.8 Å². The van der Waals surface area contributed by atoms with Crippen molar-refractivity contribution < 1.29 is 9.53 Å². The number of benzene rings is 2. The summed E-state index contributed by atoms with van der Waals surface area (Å²) in [5, 5.41) is 2.52. The maximum atomic E-state index is 11.3. The minimum atomic E-state index is -0.247. The SMILES string of the molecule is CCOC(=O)C=C(C)CCc1ccc2ccccc2c1. The Morgan fingerprint density at radius 3 is 2.65 bits per heavy atom. The zero-order valence-corrected chi connectivity index (χ0v) is 12.1. The molecule has 2 heteroatoms. The fourth-order valence-electron chi connectivity index (χ4n) is 2.19. The van der Waals surface area contributed by atoms with Crippen LogP contribution in [0.4, 0.5) is 0 Å². The predicted octanol–water partition coefficient (Wildman–Crippen LogP) is 4.28. The van der Waals surface area contributed by atoms with Crippen molar-refractivity contribution in [3.8, 4) is 0 Å². The highest BCUT2D eigenvalue weighted by molar-refractivity contribution is 5.83. The minimum absolute atomic E-state index is 0.247. The van der Waals surface area contributed by atoms with Crippen LogP contribution in [0.2, 0.25) is 0 Å². The zero-order valence-electron chi connectivity index (χ0n) is 12.1. The van der Waals surface area contributed by atoms with Crippen LogP contribution in [-0.2, 0) is 16.0 Å². The van der Waals surface area contributed by atoms with Gasteiger partial charge in [-0.2, -0.15) is 0 Å². The summed E-state index contributed by atoms with van der Waals surface area (Å²) in [5.41, 5.74) is 2.34. The molecule has 0 aliphatic heterocycles. The van der Waals surface area contributed by atoms with Gasteiger partial charge in [-0.15, -0.1) is 0 Å². The van der Waals surface area contributed by atoms with Crippen LogP contribution in [0, 0.1) is 0 Å². The fourth-order valence-corrected chi connectivity index (χ4v) is 2.19. The first-order chi connectivity index (χ1) is 9.69. The molecule has 0 heterocycles. The van der Waals surface area contributed by atoms with Gasteiger partial charge in [0.25, 0.3) is 0 Å². The van der Waals surface area contributed by atoms with E-state index in [0.29, 0.717) is 6.61 Å². The van der Waals surface area contributed by atoms with Gasteiger partial charge >= 0.3 is 5.97 Å². The van der Waals surface area contributed by atoms with Crippen LogP contribution >= 0.6 is 0 Å². The Morgan fingerprint density at radius 2 is 1.90 bits per heavy atom. The van der Waals surface area contributed by atoms with E-state index in [1.54, 1.807) is 6.08 Å². The van der Waals surface area contributed by atoms with E-state index in [1.807, 2.05) is 19.9 Å². The van der Waals surface area contributed by atoms with E-state index in [0.717, 1.165) is 18.4 Å². The topological polar surface area (TPSA) is 26.3 Å². The summed E-state index contributed by atoms with van der Waals surface area (Å²) >= 11 is 0. The average Bonchev–Trinajstić information content (AvgIpc) is 2.45. The van der Waals surface area contributed by atoms with E-state index in [2.05, 4.69) is 36.4 Å². The summed E-state index contributed by atoms with van der Waals surface area (Å²) in [4.78, 5) is 11.3. The van der Waals surface area contributed by atoms with Crippen LogP contribution in [0.5, 0.6) is 0 Å². The second-order valence-electron chi connectivity index (χ2n) is 4.92. The number of aryl methyl sites for hydroxylation is 1. The van der Waals surface area contributed by atoms with Gasteiger partial charge in [0.05, 0.1) is 6.61 Å². The third-order valence-corrected chi connectivity index (χ3v) is 3.27. The van der Waals surface area contributed by atoms with Gasteiger partial charge in [-0.3, -0.25) is 0 Å². The molecule has 0 aliphatic carbocycles. The molecule has 0 unspecified atom stereocenters. The van der Waals surface area contributed by atoms with E-state index in [-0.39, 0.29) is 5.97 Å². The van der Waals surface area contributed by atoms with Gasteiger partial charge in [0.15, 0.2) is 0 Å². The van der Waals surface area contributed by atoms with Gasteiger partial charge in [0.1, 0.15) is 0 Å². The molecule has 0 fully saturated rings. The first-order valence-corrected chi connectivity index (χ1v) is 7.00. The number of esters is 1. The van der Waals surface area contributed by atoms with Gasteiger partial charge < -0.3 is 4.74 Å². The third-order valence-electron chi connectivity index (χ3n) is 3.27. The molecule has 20 heavy (non-hydrogen) atoms. The largest absolute Gasteiger partial charge is 0.463 e. The molecule has 0 spiro atoms. The van der Waals surface area contributed by atoms with Crippen LogP contribution in [0.1, 0.15) is 25.8 Å². The first kappa shape index (κ1) is 14.3. The van der Waals surface area contributed by atoms with Crippen LogP contribution < -0.4 is 0 Å². The van der Waals surface area contributed by atoms with Gasteiger partial charge in [0.2, 0.25) is 0 Å². The van der Waals surface area contributed by atoms with Crippen molar-refractivity contribution in [2.45, 2.75) is 26.7 Å². The van der Waals surface area contributed by atoms with E-state index in [9.17, 15) is 4.79 Å². The Morgan fingerprint density at radius 1 is 1.15 bits per heavy atom. The highest BCUT2D eigenvalue weighted by Crippen LogP contribution is 2.17. The fraction of sp³-hybridized carbons (Fsp3) is 0.278. The average molecular weight is 268 g/mol. The molecular formula is C18H20O2. The Hall–Kier alpha value is -2.09. The second-order valence-corrected chi connectivity index (χ2v) is 4.92. The molecule has 2 nitrogen and oxygen atoms in total. The van der Waals surface area contributed by atoms with Crippen molar-refractivity contribution in [1.82, 2.24) is 0 Å². The Labute approximate surface area is 120 Å². The molecule has 0 aromatic heterocycles. The molecule has 0 aliphatic rings. The lowest BCUT2D eigenvalue weighted by Gasteiger charge is -2.05. The summed E-state index contributed by atoms with van der Waals surface area (Å²) in [5.74, 6) is -0.247. The number of hydrogen-bond donors (Lipinski definition) is 0. The van der Waals surface area contributed by atoms with Crippen molar-refractivity contribution >= 4 is 16.7 Å². The molecule has 2 aromatic carbocycles. The van der Waals surface area contributed by atoms with E-state index < -0.39 is 0 Å². The number of hydrogen-bond acceptors (Lipinski definition) is 2. The van der Waals surface area contributed by atoms with Crippen molar-refractivity contribution in [2.75, 3.05) is 6.61 Å². The van der Waals surface area contributed by atoms with E-state index >= 15 is 0 Å². The van der Waals surface area contributed by atoms with Crippen molar-refractivity contribution in [2.24, 2.45) is 0 Å². The molecule has 0 saturated carbocycles. The number of carbonyl (C=O) groups excluding carboxylic acids is 1. The number of fused-ring (bicyclic) bond motifs is 1. The first-order valence-electron chi connectivity index (χ1n) is 7.00. The molecule has 0 atom stereocenters. The quantitative estimate of drug-likeness (QED) is 0.597. The molecule has 0 radical (unpaired) electrons. The number of ether oxygens (including phenoxy) is 1. The predicted molar refractivity (Wildman–Crippen MR) is 82.7 cm³/mol. The summed E-state index contributed by atoms with van der Waals surface area (Å²) in [6.45, 7) is 4.21. The molecule has 0 saturated heterocycles. The smallest absolute Gasteiger partial charge is 0.330 e. The van der Waals surface area contributed by atoms with Crippen molar-refractivity contribution in [1.29, 1.82) is 0 Å². The summed E-state index contributed by atoms with van der Waals surface area (Å²) in [7, 11) is 0. The normalized spacial score (nSPS) is 11.6. The van der Waals surface area contributed by atoms with Crippen molar-refractivity contribution in [3.63, 3.8) is 0 Å². The summed E-state index contributed by atoms with van der Waals surface area (Å²) in [6.07, 6.45) is 3.40. The van der Waals surface area contributed by atoms with Gasteiger partial charge in [-0.05, 0) is 43.0 Å². The van der Waals surface area contributed by atoms with Crippen molar-refractivity contribution in [3.05, 3.63) is 59.7 Å². The highest BCUT2D eigenvalue weighted by atomic mass is 16.5. The van der Waals surface area contributed by atoms with Crippen LogP contribution in [0.3, 0.4) is 0 Å². The molecule has 104 valence electrons. The van der Waals surface area contributed by atoms with Gasteiger partial charge in [0, 0.05) is 6.08 Å². The van der Waals surface area contributed by atoms with E-state index in [4.69, 9.17) is 4.74 Å². The Bertz CT molecular complexity index is 626. The molecule has 0 bridgehead atoms. The highest BCUT2D eigenvalue weighted by Gasteiger charge is 2.00. The Kier molecular flexibility index (Phi) is 4.94. The minimum Gasteiger partial charge on any atom is -0.463 e. The lowest BCUT2D eigenvalue weighted by atomic mass is 10.0. The van der Waals surface area contributed by atoms with Crippen LogP contribution in [-0.4, -0.2) is 12.6 Å². The standard InChI is InChI=1S/C18H20O2/c1-3-20-18(19)12-14(2)8-9-15-10-11-16-6-4-5-7-17(16)13-15/h4-7,10-13H,3,8-9H2,1-2H3. The van der Waals surface area contributed by atoms with Gasteiger partial charge in [-0.25, -0.2) is 4.79 Å². The third kappa shape index (κ3) is 3.95. The maximum absolute atomic E-state index is 11.3. The Balaban J connectivity index is 2.00. The number of carbonyl (C=O) groups is 1. The molecule has 2 rings (SSSR count). The monoisotopic (exact) mass is 268 g/mol. The maximum Gasteiger partial charge on any atom is 0.330 e. The number of rotatable bonds is 5. The van der Waals surface area contributed by atoms with Gasteiger partial charge in [-0.1, -0.05) is 48.0 Å². The molecule has 0 amide bonds. The lowest BCUT2D eigenvalue weighted by Crippen LogP contribution is -2.00. The summed E-state index contributed by atoms with van der Waals surface area (Å²) < 4.78 is 4.91. The molecular weight excluding hydrogens is 248 g/mol. The zero-order chi connectivity index (χ0) is 14.4. The lowest BCUT2D eigenvalue weighted by molar-refractivity contribution is -0.137. The van der Waals surface area contributed by atoms with E-state index in [1.165, 1.54) is 16.3 Å².